The van der Waals surface area contributed by atoms with E-state index in [4.69, 9.17) is 14.2 Å². The number of ether oxygens (including phenoxy) is 3. The topological polar surface area (TPSA) is 71.8 Å². The number of hydrogen-bond donors (Lipinski definition) is 0. The number of rotatable bonds is 5. The van der Waals surface area contributed by atoms with Crippen molar-refractivity contribution in [2.75, 3.05) is 27.9 Å². The Hall–Kier alpha value is -2.17. The first-order valence-corrected chi connectivity index (χ1v) is 6.21. The Morgan fingerprint density at radius 1 is 1.38 bits per heavy atom. The molecule has 1 atom stereocenters. The van der Waals surface area contributed by atoms with Gasteiger partial charge in [0.05, 0.1) is 25.3 Å². The molecule has 0 radical (unpaired) electrons. The van der Waals surface area contributed by atoms with Crippen LogP contribution in [0.2, 0.25) is 0 Å². The summed E-state index contributed by atoms with van der Waals surface area (Å²) in [5, 5.41) is 9.32. The normalized spacial score (nSPS) is 17.0. The van der Waals surface area contributed by atoms with E-state index in [9.17, 15) is 14.4 Å². The number of nitriles is 1. The van der Waals surface area contributed by atoms with Crippen LogP contribution in [0.3, 0.4) is 0 Å². The number of carbonyl (C=O) groups is 1. The lowest BCUT2D eigenvalue weighted by atomic mass is 10.0. The van der Waals surface area contributed by atoms with Crippen LogP contribution in [-0.2, 0) is 9.47 Å². The molecule has 1 aliphatic rings. The smallest absolute Gasteiger partial charge is 0.258 e. The lowest BCUT2D eigenvalue weighted by Crippen LogP contribution is -2.37. The number of carbonyl (C=O) groups excluding carboxylic acids is 1. The molecule has 1 unspecified atom stereocenters. The van der Waals surface area contributed by atoms with Crippen molar-refractivity contribution in [3.63, 3.8) is 0 Å². The number of benzene rings is 1. The molecule has 7 heteroatoms. The van der Waals surface area contributed by atoms with Crippen molar-refractivity contribution in [1.82, 2.24) is 4.90 Å². The van der Waals surface area contributed by atoms with Crippen molar-refractivity contribution < 1.29 is 23.4 Å². The summed E-state index contributed by atoms with van der Waals surface area (Å²) in [6.07, 6.45) is -0.691. The van der Waals surface area contributed by atoms with Crippen LogP contribution in [0.4, 0.5) is 4.39 Å². The molecule has 0 spiro atoms. The van der Waals surface area contributed by atoms with E-state index in [1.54, 1.807) is 0 Å². The molecule has 21 heavy (non-hydrogen) atoms. The van der Waals surface area contributed by atoms with E-state index in [-0.39, 0.29) is 17.9 Å². The van der Waals surface area contributed by atoms with Crippen LogP contribution in [0.25, 0.3) is 0 Å². The van der Waals surface area contributed by atoms with Gasteiger partial charge in [-0.1, -0.05) is 0 Å². The van der Waals surface area contributed by atoms with Crippen LogP contribution in [0.1, 0.15) is 22.0 Å². The van der Waals surface area contributed by atoms with Gasteiger partial charge in [0.15, 0.2) is 6.29 Å². The number of halogens is 1. The molecule has 0 saturated carbocycles. The monoisotopic (exact) mass is 294 g/mol. The quantitative estimate of drug-likeness (QED) is 0.769. The molecule has 1 aromatic carbocycles. The fraction of sp³-hybridized carbons (Fsp3) is 0.429. The van der Waals surface area contributed by atoms with Crippen molar-refractivity contribution in [3.05, 3.63) is 29.1 Å². The highest BCUT2D eigenvalue weighted by molar-refractivity contribution is 6.00. The molecule has 2 rings (SSSR count). The molecular formula is C14H15FN2O4. The van der Waals surface area contributed by atoms with Crippen LogP contribution in [0, 0.1) is 17.1 Å². The molecule has 1 heterocycles. The summed E-state index contributed by atoms with van der Waals surface area (Å²) in [5.74, 6) is -1.00. The van der Waals surface area contributed by atoms with Gasteiger partial charge in [-0.15, -0.1) is 0 Å². The predicted octanol–water partition coefficient (Wildman–Crippen LogP) is 1.47. The van der Waals surface area contributed by atoms with Gasteiger partial charge in [0, 0.05) is 25.8 Å². The number of fused-ring (bicyclic) bond motifs is 1. The highest BCUT2D eigenvalue weighted by Gasteiger charge is 2.40. The molecule has 0 aliphatic carbocycles. The van der Waals surface area contributed by atoms with Crippen LogP contribution < -0.4 is 4.74 Å². The summed E-state index contributed by atoms with van der Waals surface area (Å²) in [7, 11) is 4.24. The summed E-state index contributed by atoms with van der Waals surface area (Å²) < 4.78 is 29.1. The highest BCUT2D eigenvalue weighted by atomic mass is 19.1. The maximum atomic E-state index is 14.1. The molecule has 0 bridgehead atoms. The predicted molar refractivity (Wildman–Crippen MR) is 70.1 cm³/mol. The number of methoxy groups -OCH3 is 3. The van der Waals surface area contributed by atoms with Crippen molar-refractivity contribution >= 4 is 5.91 Å². The number of nitrogens with zero attached hydrogens (tertiary/aromatic N) is 2. The second-order valence-electron chi connectivity index (χ2n) is 4.46. The average molecular weight is 294 g/mol. The van der Waals surface area contributed by atoms with Gasteiger partial charge in [0.2, 0.25) is 0 Å². The summed E-state index contributed by atoms with van der Waals surface area (Å²) in [6.45, 7) is 0.0283. The van der Waals surface area contributed by atoms with Crippen LogP contribution in [-0.4, -0.2) is 45.0 Å². The maximum Gasteiger partial charge on any atom is 0.258 e. The molecule has 1 amide bonds. The van der Waals surface area contributed by atoms with E-state index in [1.165, 1.54) is 32.3 Å². The van der Waals surface area contributed by atoms with Gasteiger partial charge in [-0.2, -0.15) is 5.26 Å². The fourth-order valence-corrected chi connectivity index (χ4v) is 2.32. The molecule has 0 saturated heterocycles. The fourth-order valence-electron chi connectivity index (χ4n) is 2.32. The Kier molecular flexibility index (Phi) is 4.40. The minimum absolute atomic E-state index is 0.0283. The first kappa shape index (κ1) is 15.2. The van der Waals surface area contributed by atoms with Crippen LogP contribution in [0.15, 0.2) is 12.1 Å². The van der Waals surface area contributed by atoms with E-state index < -0.39 is 24.1 Å². The molecule has 0 aromatic heterocycles. The standard InChI is InChI=1S/C14H15FN2O4/c1-19-8-4-9-11(6-16)17(7-12(20-2)21-3)14(18)13(9)10(15)5-8/h4-5,11-12H,7H2,1-3H3. The van der Waals surface area contributed by atoms with E-state index in [0.717, 1.165) is 6.07 Å². The molecule has 0 N–H and O–H groups in total. The Bertz CT molecular complexity index is 595. The molecule has 1 aliphatic heterocycles. The third-order valence-electron chi connectivity index (χ3n) is 3.40. The average Bonchev–Trinajstić information content (AvgIpc) is 2.76. The lowest BCUT2D eigenvalue weighted by Gasteiger charge is -2.24. The minimum atomic E-state index is -0.898. The van der Waals surface area contributed by atoms with E-state index in [1.807, 2.05) is 6.07 Å². The molecule has 1 aromatic rings. The van der Waals surface area contributed by atoms with Gasteiger partial charge in [-0.25, -0.2) is 4.39 Å². The zero-order chi connectivity index (χ0) is 15.6. The van der Waals surface area contributed by atoms with E-state index in [2.05, 4.69) is 0 Å². The largest absolute Gasteiger partial charge is 0.497 e. The van der Waals surface area contributed by atoms with Gasteiger partial charge < -0.3 is 19.1 Å². The van der Waals surface area contributed by atoms with E-state index >= 15 is 0 Å². The van der Waals surface area contributed by atoms with E-state index in [0.29, 0.717) is 5.56 Å². The van der Waals surface area contributed by atoms with Crippen molar-refractivity contribution in [2.24, 2.45) is 0 Å². The van der Waals surface area contributed by atoms with Gasteiger partial charge >= 0.3 is 0 Å². The van der Waals surface area contributed by atoms with Crippen LogP contribution in [0.5, 0.6) is 5.75 Å². The van der Waals surface area contributed by atoms with Crippen molar-refractivity contribution in [1.29, 1.82) is 5.26 Å². The second-order valence-corrected chi connectivity index (χ2v) is 4.46. The van der Waals surface area contributed by atoms with Crippen LogP contribution >= 0.6 is 0 Å². The number of amides is 1. The van der Waals surface area contributed by atoms with Gasteiger partial charge in [-0.05, 0) is 6.07 Å². The van der Waals surface area contributed by atoms with Gasteiger partial charge in [0.25, 0.3) is 5.91 Å². The molecule has 0 fully saturated rings. The third kappa shape index (κ3) is 2.55. The Labute approximate surface area is 121 Å². The lowest BCUT2D eigenvalue weighted by molar-refractivity contribution is -0.113. The van der Waals surface area contributed by atoms with Crippen molar-refractivity contribution in [3.8, 4) is 11.8 Å². The maximum absolute atomic E-state index is 14.1. The summed E-state index contributed by atoms with van der Waals surface area (Å²) in [5.41, 5.74) is 0.193. The Balaban J connectivity index is 2.43. The first-order chi connectivity index (χ1) is 10.1. The second kappa shape index (κ2) is 6.08. The van der Waals surface area contributed by atoms with Crippen molar-refractivity contribution in [2.45, 2.75) is 12.3 Å². The zero-order valence-electron chi connectivity index (χ0n) is 11.9. The van der Waals surface area contributed by atoms with Gasteiger partial charge in [0.1, 0.15) is 17.6 Å². The number of hydrogen-bond acceptors (Lipinski definition) is 5. The summed E-state index contributed by atoms with van der Waals surface area (Å²) in [6, 6.07) is 3.73. The molecular weight excluding hydrogens is 279 g/mol. The molecule has 112 valence electrons. The summed E-state index contributed by atoms with van der Waals surface area (Å²) in [4.78, 5) is 13.6. The Morgan fingerprint density at radius 3 is 2.57 bits per heavy atom. The Morgan fingerprint density at radius 2 is 2.05 bits per heavy atom. The first-order valence-electron chi connectivity index (χ1n) is 6.21. The molecule has 6 nitrogen and oxygen atoms in total. The zero-order valence-corrected chi connectivity index (χ0v) is 11.9. The van der Waals surface area contributed by atoms with Gasteiger partial charge in [-0.3, -0.25) is 4.79 Å². The minimum Gasteiger partial charge on any atom is -0.497 e. The summed E-state index contributed by atoms with van der Waals surface area (Å²) >= 11 is 0. The third-order valence-corrected chi connectivity index (χ3v) is 3.40. The SMILES string of the molecule is COc1cc(F)c2c(c1)C(C#N)N(CC(OC)OC)C2=O. The highest BCUT2D eigenvalue weighted by Crippen LogP contribution is 2.37.